The molecule has 3 aliphatic carbocycles. The Kier molecular flexibility index (Phi) is 7.22. The van der Waals surface area contributed by atoms with Gasteiger partial charge >= 0.3 is 0 Å². The van der Waals surface area contributed by atoms with Crippen LogP contribution in [0.3, 0.4) is 0 Å². The summed E-state index contributed by atoms with van der Waals surface area (Å²) < 4.78 is 78.5. The Hall–Kier alpha value is -3.29. The van der Waals surface area contributed by atoms with E-state index in [1.807, 2.05) is 0 Å². The number of imide groups is 2. The number of rotatable bonds is 4. The van der Waals surface area contributed by atoms with Crippen molar-refractivity contribution >= 4 is 52.5 Å². The first kappa shape index (κ1) is 31.3. The molecule has 4 amide bonds. The Bertz CT molecular complexity index is 1730. The lowest BCUT2D eigenvalue weighted by Gasteiger charge is -2.49. The van der Waals surface area contributed by atoms with Gasteiger partial charge in [0, 0.05) is 6.04 Å². The molecule has 0 radical (unpaired) electrons. The molecule has 2 aromatic rings. The lowest BCUT2D eigenvalue weighted by atomic mass is 9.57. The third-order valence-electron chi connectivity index (χ3n) is 10.3. The molecule has 1 aromatic heterocycles. The van der Waals surface area contributed by atoms with Crippen LogP contribution in [0, 0.1) is 46.8 Å². The molecule has 2 aliphatic heterocycles. The van der Waals surface area contributed by atoms with Gasteiger partial charge in [-0.25, -0.2) is 26.9 Å². The van der Waals surface area contributed by atoms with Crippen molar-refractivity contribution < 1.29 is 50.7 Å². The van der Waals surface area contributed by atoms with E-state index >= 15 is 8.78 Å². The summed E-state index contributed by atoms with van der Waals surface area (Å²) >= 11 is 14.1. The van der Waals surface area contributed by atoms with Crippen LogP contribution in [-0.4, -0.2) is 49.4 Å². The molecule has 6 unspecified atom stereocenters. The number of hydrogen-bond acceptors (Lipinski definition) is 6. The molecule has 1 N–H and O–H groups in total. The highest BCUT2D eigenvalue weighted by Gasteiger charge is 2.77. The molecule has 7 rings (SSSR count). The number of hydrogen-bond donors (Lipinski definition) is 1. The minimum atomic E-state index is -2.67. The van der Waals surface area contributed by atoms with E-state index in [0.29, 0.717) is 18.4 Å². The van der Waals surface area contributed by atoms with E-state index in [0.717, 1.165) is 19.3 Å². The third kappa shape index (κ3) is 3.88. The average Bonchev–Trinajstić information content (AvgIpc) is 3.66. The van der Waals surface area contributed by atoms with Gasteiger partial charge in [0.25, 0.3) is 11.8 Å². The smallest absolute Gasteiger partial charge is 0.258 e. The van der Waals surface area contributed by atoms with Crippen LogP contribution < -0.4 is 4.90 Å². The quantitative estimate of drug-likeness (QED) is 0.116. The van der Waals surface area contributed by atoms with Gasteiger partial charge in [-0.1, -0.05) is 30.9 Å². The van der Waals surface area contributed by atoms with Crippen LogP contribution in [-0.2, 0) is 25.8 Å². The van der Waals surface area contributed by atoms with Gasteiger partial charge in [0.2, 0.25) is 17.6 Å². The second kappa shape index (κ2) is 10.6. The Labute approximate surface area is 268 Å². The molecule has 0 bridgehead atoms. The van der Waals surface area contributed by atoms with Gasteiger partial charge in [-0.05, 0) is 43.7 Å². The van der Waals surface area contributed by atoms with Crippen LogP contribution in [0.2, 0.25) is 0 Å². The van der Waals surface area contributed by atoms with Gasteiger partial charge in [-0.3, -0.25) is 24.1 Å². The van der Waals surface area contributed by atoms with E-state index in [1.165, 1.54) is 17.0 Å². The van der Waals surface area contributed by atoms with E-state index in [4.69, 9.17) is 27.6 Å². The van der Waals surface area contributed by atoms with Crippen LogP contribution >= 0.6 is 23.2 Å². The molecule has 244 valence electrons. The molecule has 5 aliphatic rings. The van der Waals surface area contributed by atoms with E-state index in [2.05, 4.69) is 0 Å². The van der Waals surface area contributed by atoms with Crippen molar-refractivity contribution in [3.8, 4) is 0 Å². The van der Waals surface area contributed by atoms with Gasteiger partial charge in [-0.2, -0.15) is 0 Å². The fourth-order valence-corrected chi connectivity index (χ4v) is 9.15. The molecule has 0 spiro atoms. The number of alkyl halides is 2. The van der Waals surface area contributed by atoms with Crippen LogP contribution in [0.1, 0.15) is 62.4 Å². The number of furan rings is 1. The third-order valence-corrected chi connectivity index (χ3v) is 11.7. The normalized spacial score (nSPS) is 33.0. The molecule has 2 saturated carbocycles. The summed E-state index contributed by atoms with van der Waals surface area (Å²) in [6, 6.07) is 2.37. The number of allylic oxidation sites excluding steroid dienone is 2. The summed E-state index contributed by atoms with van der Waals surface area (Å²) in [5, 5.41) is 9.67. The maximum Gasteiger partial charge on any atom is 0.258 e. The Morgan fingerprint density at radius 1 is 0.848 bits per heavy atom. The van der Waals surface area contributed by atoms with E-state index < -0.39 is 98.9 Å². The zero-order chi connectivity index (χ0) is 33.0. The average molecular weight is 687 g/mol. The molecule has 4 fully saturated rings. The predicted octanol–water partition coefficient (Wildman–Crippen LogP) is 5.36. The van der Waals surface area contributed by atoms with Crippen molar-refractivity contribution in [2.75, 3.05) is 4.90 Å². The van der Waals surface area contributed by atoms with Gasteiger partial charge < -0.3 is 9.52 Å². The number of fused-ring (bicyclic) bond motifs is 4. The maximum atomic E-state index is 15.1. The number of benzene rings is 1. The number of anilines is 1. The highest BCUT2D eigenvalue weighted by Crippen LogP contribution is 2.66. The zero-order valence-corrected chi connectivity index (χ0v) is 25.3. The van der Waals surface area contributed by atoms with Crippen molar-refractivity contribution in [1.29, 1.82) is 0 Å². The predicted molar refractivity (Wildman–Crippen MR) is 150 cm³/mol. The second-order valence-corrected chi connectivity index (χ2v) is 13.7. The Balaban J connectivity index is 1.40. The van der Waals surface area contributed by atoms with Gasteiger partial charge in [0.05, 0.1) is 17.8 Å². The lowest BCUT2D eigenvalue weighted by molar-refractivity contribution is -0.143. The molecular formula is C31H25Cl2F5N2O6. The monoisotopic (exact) mass is 686 g/mol. The first-order valence-electron chi connectivity index (χ1n) is 14.8. The topological polar surface area (TPSA) is 108 Å². The van der Waals surface area contributed by atoms with Gasteiger partial charge in [-0.15, -0.1) is 23.2 Å². The molecule has 1 aromatic carbocycles. The fraction of sp³-hybridized carbons (Fsp3) is 0.484. The Morgan fingerprint density at radius 3 is 2.09 bits per heavy atom. The molecular weight excluding hydrogens is 662 g/mol. The number of aliphatic hydroxyl groups excluding tert-OH is 1. The molecule has 3 heterocycles. The number of carbonyl (C=O) groups excluding carboxylic acids is 4. The Morgan fingerprint density at radius 2 is 1.48 bits per heavy atom. The molecule has 8 nitrogen and oxygen atoms in total. The van der Waals surface area contributed by atoms with Crippen molar-refractivity contribution in [2.45, 2.75) is 73.3 Å². The molecule has 46 heavy (non-hydrogen) atoms. The minimum Gasteiger partial charge on any atom is -0.463 e. The standard InChI is InChI=1S/C31H25Cl2F5N2O6/c32-30-10-16-14(7-8-15-18(16)27(43)39(26(15)42)12-4-2-1-3-5-12)19(17-9-6-13(11-41)46-17)31(30,33)29(45)40(28(30)44)25-23(37)21(35)20(34)22(36)24(25)38/h6-7,9,12,15-16,18-19,41H,1-5,8,10-11H2. The fourth-order valence-electron chi connectivity index (χ4n) is 8.24. The van der Waals surface area contributed by atoms with Crippen molar-refractivity contribution in [3.05, 3.63) is 64.4 Å². The summed E-state index contributed by atoms with van der Waals surface area (Å²) in [5.41, 5.74) is -1.56. The van der Waals surface area contributed by atoms with Crippen LogP contribution in [0.5, 0.6) is 0 Å². The van der Waals surface area contributed by atoms with Gasteiger partial charge in [0.1, 0.15) is 23.8 Å². The summed E-state index contributed by atoms with van der Waals surface area (Å²) in [6.07, 6.45) is 4.99. The highest BCUT2D eigenvalue weighted by molar-refractivity contribution is 6.58. The zero-order valence-electron chi connectivity index (χ0n) is 23.8. The number of aliphatic hydroxyl groups is 1. The van der Waals surface area contributed by atoms with Crippen molar-refractivity contribution in [3.63, 3.8) is 0 Å². The number of amides is 4. The van der Waals surface area contributed by atoms with Crippen LogP contribution in [0.15, 0.2) is 28.2 Å². The maximum absolute atomic E-state index is 15.1. The second-order valence-electron chi connectivity index (χ2n) is 12.5. The first-order valence-corrected chi connectivity index (χ1v) is 15.6. The van der Waals surface area contributed by atoms with E-state index in [9.17, 15) is 37.5 Å². The summed E-state index contributed by atoms with van der Waals surface area (Å²) in [5.74, 6) is -20.7. The van der Waals surface area contributed by atoms with Crippen molar-refractivity contribution in [1.82, 2.24) is 4.90 Å². The lowest BCUT2D eigenvalue weighted by Crippen LogP contribution is -2.60. The molecule has 2 saturated heterocycles. The molecule has 6 atom stereocenters. The number of carbonyl (C=O) groups is 4. The summed E-state index contributed by atoms with van der Waals surface area (Å²) in [6.45, 7) is -0.589. The summed E-state index contributed by atoms with van der Waals surface area (Å²) in [4.78, 5) is 51.8. The molecule has 15 heteroatoms. The van der Waals surface area contributed by atoms with Gasteiger partial charge in [0.15, 0.2) is 33.0 Å². The largest absolute Gasteiger partial charge is 0.463 e. The van der Waals surface area contributed by atoms with E-state index in [-0.39, 0.29) is 34.8 Å². The highest BCUT2D eigenvalue weighted by atomic mass is 35.5. The van der Waals surface area contributed by atoms with Crippen molar-refractivity contribution in [2.24, 2.45) is 17.8 Å². The van der Waals surface area contributed by atoms with E-state index in [1.54, 1.807) is 6.08 Å². The SMILES string of the molecule is O=C1C2CC=C3C(CC4(Cl)C(=O)N(c5c(F)c(F)c(F)c(F)c5F)C(=O)C4(Cl)C3c3ccc(CO)o3)C2C(=O)N1C1CCCCC1. The van der Waals surface area contributed by atoms with Crippen LogP contribution in [0.25, 0.3) is 0 Å². The first-order chi connectivity index (χ1) is 21.8. The van der Waals surface area contributed by atoms with Crippen LogP contribution in [0.4, 0.5) is 27.6 Å². The number of halogens is 7. The number of nitrogens with zero attached hydrogens (tertiary/aromatic N) is 2. The minimum absolute atomic E-state index is 0.0100. The number of likely N-dealkylation sites (tertiary alicyclic amines) is 1. The summed E-state index contributed by atoms with van der Waals surface area (Å²) in [7, 11) is 0.